The Morgan fingerprint density at radius 1 is 0.577 bits per heavy atom. The second kappa shape index (κ2) is 23.3. The van der Waals surface area contributed by atoms with E-state index in [1.807, 2.05) is 152 Å². The average Bonchev–Trinajstić information content (AvgIpc) is 3.93. The van der Waals surface area contributed by atoms with Crippen LogP contribution >= 0.6 is 11.6 Å². The van der Waals surface area contributed by atoms with E-state index in [2.05, 4.69) is 64.3 Å². The topological polar surface area (TPSA) is 168 Å². The Hall–Kier alpha value is -7.73. The normalized spacial score (nSPS) is 11.3. The summed E-state index contributed by atoms with van der Waals surface area (Å²) in [7, 11) is 11.9. The van der Waals surface area contributed by atoms with Crippen molar-refractivity contribution in [3.05, 3.63) is 144 Å². The van der Waals surface area contributed by atoms with E-state index in [1.54, 1.807) is 21.6 Å². The van der Waals surface area contributed by atoms with Crippen LogP contribution in [0.4, 0.5) is 11.6 Å². The molecule has 0 saturated heterocycles. The Balaban J connectivity index is 0.000000197. The fourth-order valence-electron chi connectivity index (χ4n) is 7.31. The quantitative estimate of drug-likeness (QED) is 0.0760. The summed E-state index contributed by atoms with van der Waals surface area (Å²) in [5.74, 6) is 4.68. The van der Waals surface area contributed by atoms with Gasteiger partial charge in [0.15, 0.2) is 5.82 Å². The number of likely N-dealkylation sites (N-methyl/N-ethyl adjacent to an activating group) is 2. The van der Waals surface area contributed by atoms with Gasteiger partial charge in [-0.05, 0) is 106 Å². The van der Waals surface area contributed by atoms with Crippen molar-refractivity contribution in [2.75, 3.05) is 59.8 Å². The van der Waals surface area contributed by atoms with Crippen LogP contribution in [0.25, 0.3) is 44.3 Å². The van der Waals surface area contributed by atoms with Crippen LogP contribution in [0.2, 0.25) is 5.15 Å². The number of pyridine rings is 4. The lowest BCUT2D eigenvalue weighted by atomic mass is 10.1. The maximum Gasteiger partial charge on any atom is 0.154 e. The van der Waals surface area contributed by atoms with Crippen LogP contribution < -0.4 is 24.3 Å². The molecule has 0 aliphatic heterocycles. The first-order valence-electron chi connectivity index (χ1n) is 23.2. The summed E-state index contributed by atoms with van der Waals surface area (Å²) in [5.41, 5.74) is 9.51. The zero-order valence-corrected chi connectivity index (χ0v) is 42.0. The predicted molar refractivity (Wildman–Crippen MR) is 278 cm³/mol. The van der Waals surface area contributed by atoms with Gasteiger partial charge in [0.1, 0.15) is 71.8 Å². The molecule has 0 unspecified atom stereocenters. The summed E-state index contributed by atoms with van der Waals surface area (Å²) in [6.07, 6.45) is 9.36. The largest absolute Gasteiger partial charge is 0.492 e. The molecule has 2 aromatic carbocycles. The Labute approximate surface area is 418 Å². The molecule has 18 heteroatoms. The van der Waals surface area contributed by atoms with Crippen molar-refractivity contribution in [3.8, 4) is 45.3 Å². The maximum atomic E-state index is 6.11. The van der Waals surface area contributed by atoms with Gasteiger partial charge in [0.2, 0.25) is 0 Å². The summed E-state index contributed by atoms with van der Waals surface area (Å²) in [5, 5.41) is 21.2. The third-order valence-corrected chi connectivity index (χ3v) is 11.3. The van der Waals surface area contributed by atoms with Gasteiger partial charge in [-0.15, -0.1) is 5.10 Å². The van der Waals surface area contributed by atoms with Crippen LogP contribution in [0.5, 0.6) is 23.0 Å². The number of aromatic nitrogens is 10. The number of aryl methyl sites for hydroxylation is 2. The minimum atomic E-state index is 0.301. The van der Waals surface area contributed by atoms with E-state index in [0.29, 0.717) is 49.1 Å². The second-order valence-corrected chi connectivity index (χ2v) is 18.1. The molecule has 0 bridgehead atoms. The zero-order chi connectivity index (χ0) is 49.9. The standard InChI is InChI=1S/C30H34N8O2.C23H24ClN5O2/c1-20(2)21-14-30(35-32-17-21)34-29-10-9-26-27(33-29)13-22(16-31-26)25-18-38(5)36-28(25)19-40-24-8-6-7-23(15-24)39-12-11-37(3)4;1-28(2)9-10-30-17-5-4-6-18(12-17)31-15-22-19(14-29(3)27-22)16-11-21-20(25-13-16)7-8-23(24)26-21/h6-10,13-18,20H,11-12,19H2,1-5H3,(H,33,34,35);4-8,11-14H,9-10,15H2,1-3H3. The molecule has 0 aliphatic carbocycles. The van der Waals surface area contributed by atoms with Crippen LogP contribution in [0.1, 0.15) is 36.7 Å². The lowest BCUT2D eigenvalue weighted by molar-refractivity contribution is 0.257. The number of hydrogen-bond donors (Lipinski definition) is 1. The first-order valence-corrected chi connectivity index (χ1v) is 23.5. The summed E-state index contributed by atoms with van der Waals surface area (Å²) in [4.78, 5) is 22.5. The highest BCUT2D eigenvalue weighted by Gasteiger charge is 2.16. The van der Waals surface area contributed by atoms with Crippen LogP contribution in [0, 0.1) is 0 Å². The van der Waals surface area contributed by atoms with Crippen LogP contribution in [0.15, 0.2) is 122 Å². The first kappa shape index (κ1) is 49.7. The summed E-state index contributed by atoms with van der Waals surface area (Å²) < 4.78 is 27.3. The zero-order valence-electron chi connectivity index (χ0n) is 41.2. The number of halogens is 1. The highest BCUT2D eigenvalue weighted by Crippen LogP contribution is 2.30. The van der Waals surface area contributed by atoms with E-state index in [4.69, 9.17) is 35.5 Å². The van der Waals surface area contributed by atoms with Crippen LogP contribution in [-0.4, -0.2) is 114 Å². The van der Waals surface area contributed by atoms with Gasteiger partial charge in [-0.2, -0.15) is 15.3 Å². The third kappa shape index (κ3) is 13.7. The molecule has 0 atom stereocenters. The Morgan fingerprint density at radius 3 is 1.61 bits per heavy atom. The number of nitrogens with one attached hydrogen (secondary N) is 1. The van der Waals surface area contributed by atoms with E-state index in [9.17, 15) is 0 Å². The fourth-order valence-corrected chi connectivity index (χ4v) is 7.46. The molecule has 71 heavy (non-hydrogen) atoms. The van der Waals surface area contributed by atoms with E-state index in [-0.39, 0.29) is 0 Å². The highest BCUT2D eigenvalue weighted by molar-refractivity contribution is 6.29. The van der Waals surface area contributed by atoms with Gasteiger partial charge in [0.25, 0.3) is 0 Å². The molecule has 9 aromatic rings. The smallest absolute Gasteiger partial charge is 0.154 e. The molecule has 7 heterocycles. The first-order chi connectivity index (χ1) is 34.3. The number of nitrogens with zero attached hydrogens (tertiary/aromatic N) is 12. The lowest BCUT2D eigenvalue weighted by Gasteiger charge is -2.12. The molecule has 0 aliphatic rings. The highest BCUT2D eigenvalue weighted by atomic mass is 35.5. The van der Waals surface area contributed by atoms with Crippen molar-refractivity contribution in [2.45, 2.75) is 33.0 Å². The van der Waals surface area contributed by atoms with Gasteiger partial charge < -0.3 is 34.1 Å². The molecule has 17 nitrogen and oxygen atoms in total. The van der Waals surface area contributed by atoms with Crippen LogP contribution in [0.3, 0.4) is 0 Å². The van der Waals surface area contributed by atoms with E-state index >= 15 is 0 Å². The SMILES string of the molecule is CC(C)c1cnnc(Nc2ccc3ncc(-c4cn(C)nc4COc4cccc(OCCN(C)C)c4)cc3n2)c1.CN(C)CCOc1cccc(OCc2nn(C)cc2-c2cnc3ccc(Cl)nc3c2)c1. The average molecular weight is 977 g/mol. The van der Waals surface area contributed by atoms with E-state index in [1.165, 1.54) is 0 Å². The van der Waals surface area contributed by atoms with E-state index in [0.717, 1.165) is 97.4 Å². The fraction of sp³-hybridized carbons (Fsp3) is 0.283. The van der Waals surface area contributed by atoms with Crippen LogP contribution in [-0.2, 0) is 27.3 Å². The molecule has 0 fully saturated rings. The minimum Gasteiger partial charge on any atom is -0.492 e. The summed E-state index contributed by atoms with van der Waals surface area (Å²) >= 11 is 6.04. The van der Waals surface area contributed by atoms with Crippen molar-refractivity contribution in [1.29, 1.82) is 0 Å². The molecule has 7 aromatic heterocycles. The molecular formula is C53H58ClN13O4. The van der Waals surface area contributed by atoms with Crippen molar-refractivity contribution < 1.29 is 18.9 Å². The van der Waals surface area contributed by atoms with Crippen molar-refractivity contribution in [3.63, 3.8) is 0 Å². The number of rotatable bonds is 19. The molecule has 1 N–H and O–H groups in total. The Kier molecular flexibility index (Phi) is 16.3. The lowest BCUT2D eigenvalue weighted by Crippen LogP contribution is -2.19. The third-order valence-electron chi connectivity index (χ3n) is 11.0. The second-order valence-electron chi connectivity index (χ2n) is 17.7. The van der Waals surface area contributed by atoms with Gasteiger partial charge in [-0.1, -0.05) is 37.6 Å². The number of fused-ring (bicyclic) bond motifs is 2. The van der Waals surface area contributed by atoms with Gasteiger partial charge in [-0.25, -0.2) is 9.97 Å². The van der Waals surface area contributed by atoms with Gasteiger partial charge >= 0.3 is 0 Å². The van der Waals surface area contributed by atoms with Crippen molar-refractivity contribution in [1.82, 2.24) is 59.5 Å². The van der Waals surface area contributed by atoms with E-state index < -0.39 is 0 Å². The molecule has 0 amide bonds. The maximum absolute atomic E-state index is 6.11. The molecule has 0 saturated carbocycles. The van der Waals surface area contributed by atoms with Crippen molar-refractivity contribution >= 4 is 45.3 Å². The molecular weight excluding hydrogens is 918 g/mol. The number of benzene rings is 2. The van der Waals surface area contributed by atoms with Crippen molar-refractivity contribution in [2.24, 2.45) is 14.1 Å². The molecule has 0 radical (unpaired) electrons. The Bertz CT molecular complexity index is 3210. The minimum absolute atomic E-state index is 0.301. The van der Waals surface area contributed by atoms with Gasteiger partial charge in [0.05, 0.1) is 28.3 Å². The van der Waals surface area contributed by atoms with Gasteiger partial charge in [0, 0.05) is 86.4 Å². The van der Waals surface area contributed by atoms with Gasteiger partial charge in [-0.3, -0.25) is 19.3 Å². The Morgan fingerprint density at radius 2 is 1.08 bits per heavy atom. The molecule has 9 rings (SSSR count). The number of ether oxygens (including phenoxy) is 4. The monoisotopic (exact) mass is 975 g/mol. The summed E-state index contributed by atoms with van der Waals surface area (Å²) in [6, 6.07) is 28.7. The molecule has 0 spiro atoms. The summed E-state index contributed by atoms with van der Waals surface area (Å²) in [6.45, 7) is 7.79. The number of hydrogen-bond acceptors (Lipinski definition) is 15. The molecule has 366 valence electrons. The number of anilines is 2. The predicted octanol–water partition coefficient (Wildman–Crippen LogP) is 9.41.